The number of carbonyl (C=O) groups is 1. The van der Waals surface area contributed by atoms with Gasteiger partial charge in [-0.1, -0.05) is 6.07 Å². The van der Waals surface area contributed by atoms with E-state index in [9.17, 15) is 9.18 Å². The Bertz CT molecular complexity index is 623. The molecule has 3 rings (SSSR count). The van der Waals surface area contributed by atoms with Crippen molar-refractivity contribution in [1.29, 1.82) is 0 Å². The van der Waals surface area contributed by atoms with Crippen molar-refractivity contribution in [2.45, 2.75) is 18.9 Å². The molecule has 1 amide bonds. The first-order valence-electron chi connectivity index (χ1n) is 6.54. The molecule has 3 N–H and O–H groups in total. The number of nitrogens with two attached hydrogens (primary N) is 1. The predicted octanol–water partition coefficient (Wildman–Crippen LogP) is 3.55. The molecule has 1 saturated carbocycles. The van der Waals surface area contributed by atoms with E-state index >= 15 is 0 Å². The Morgan fingerprint density at radius 3 is 2.80 bits per heavy atom. The molecular formula is C15H15FN2OS. The minimum Gasteiger partial charge on any atom is -0.375 e. The number of halogens is 1. The lowest BCUT2D eigenvalue weighted by atomic mass is 10.1. The van der Waals surface area contributed by atoms with Crippen molar-refractivity contribution in [3.8, 4) is 0 Å². The van der Waals surface area contributed by atoms with Gasteiger partial charge in [-0.15, -0.1) is 11.3 Å². The lowest BCUT2D eigenvalue weighted by Gasteiger charge is -2.19. The van der Waals surface area contributed by atoms with Crippen LogP contribution in [0.3, 0.4) is 0 Å². The Hall–Kier alpha value is -1.88. The van der Waals surface area contributed by atoms with Gasteiger partial charge < -0.3 is 11.1 Å². The number of carbonyl (C=O) groups excluding carboxylic acids is 1. The molecule has 1 aromatic carbocycles. The Labute approximate surface area is 120 Å². The van der Waals surface area contributed by atoms with E-state index in [0.717, 1.165) is 12.8 Å². The highest BCUT2D eigenvalue weighted by molar-refractivity contribution is 7.10. The third-order valence-corrected chi connectivity index (χ3v) is 4.46. The fourth-order valence-corrected chi connectivity index (χ4v) is 3.15. The maximum Gasteiger partial charge on any atom is 0.248 e. The molecule has 1 aliphatic carbocycles. The van der Waals surface area contributed by atoms with E-state index in [0.29, 0.717) is 17.2 Å². The molecule has 1 aromatic heterocycles. The molecule has 1 unspecified atom stereocenters. The highest BCUT2D eigenvalue weighted by Crippen LogP contribution is 2.44. The zero-order valence-electron chi connectivity index (χ0n) is 10.8. The van der Waals surface area contributed by atoms with Crippen LogP contribution >= 0.6 is 11.3 Å². The van der Waals surface area contributed by atoms with Crippen LogP contribution in [-0.4, -0.2) is 5.91 Å². The van der Waals surface area contributed by atoms with Crippen LogP contribution in [0.15, 0.2) is 35.7 Å². The Morgan fingerprint density at radius 1 is 1.40 bits per heavy atom. The number of benzene rings is 1. The summed E-state index contributed by atoms with van der Waals surface area (Å²) in [6.07, 6.45) is 2.29. The molecule has 1 aliphatic rings. The van der Waals surface area contributed by atoms with Gasteiger partial charge in [0, 0.05) is 10.4 Å². The second-order valence-corrected chi connectivity index (χ2v) is 6.01. The molecular weight excluding hydrogens is 275 g/mol. The fourth-order valence-electron chi connectivity index (χ4n) is 2.28. The van der Waals surface area contributed by atoms with E-state index in [2.05, 4.69) is 11.4 Å². The molecule has 0 aliphatic heterocycles. The van der Waals surface area contributed by atoms with Crippen LogP contribution in [0, 0.1) is 11.7 Å². The van der Waals surface area contributed by atoms with Crippen molar-refractivity contribution in [2.75, 3.05) is 5.32 Å². The largest absolute Gasteiger partial charge is 0.375 e. The van der Waals surface area contributed by atoms with Gasteiger partial charge in [-0.3, -0.25) is 4.79 Å². The van der Waals surface area contributed by atoms with Crippen molar-refractivity contribution in [3.05, 3.63) is 52.0 Å². The van der Waals surface area contributed by atoms with Gasteiger partial charge in [0.05, 0.1) is 11.7 Å². The van der Waals surface area contributed by atoms with Gasteiger partial charge in [0.15, 0.2) is 0 Å². The summed E-state index contributed by atoms with van der Waals surface area (Å²) in [6.45, 7) is 0. The standard InChI is InChI=1S/C15H15FN2OS/c16-11-6-5-10(15(17)19)8-12(11)18-14(9-3-4-9)13-2-1-7-20-13/h1-2,5-9,14,18H,3-4H2,(H2,17,19). The molecule has 2 aromatic rings. The number of hydrogen-bond acceptors (Lipinski definition) is 3. The number of anilines is 1. The van der Waals surface area contributed by atoms with Gasteiger partial charge in [0.1, 0.15) is 5.82 Å². The molecule has 1 atom stereocenters. The number of primary amides is 1. The van der Waals surface area contributed by atoms with Crippen molar-refractivity contribution < 1.29 is 9.18 Å². The van der Waals surface area contributed by atoms with E-state index in [-0.39, 0.29) is 11.9 Å². The van der Waals surface area contributed by atoms with E-state index in [1.165, 1.54) is 23.1 Å². The van der Waals surface area contributed by atoms with Gasteiger partial charge in [0.2, 0.25) is 5.91 Å². The van der Waals surface area contributed by atoms with Crippen LogP contribution in [0.1, 0.15) is 34.1 Å². The average molecular weight is 290 g/mol. The summed E-state index contributed by atoms with van der Waals surface area (Å²) in [5, 5.41) is 5.25. The van der Waals surface area contributed by atoms with Gasteiger partial charge in [-0.25, -0.2) is 4.39 Å². The van der Waals surface area contributed by atoms with Crippen LogP contribution in [0.2, 0.25) is 0 Å². The van der Waals surface area contributed by atoms with E-state index < -0.39 is 5.91 Å². The van der Waals surface area contributed by atoms with Gasteiger partial charge in [-0.2, -0.15) is 0 Å². The summed E-state index contributed by atoms with van der Waals surface area (Å²) in [6, 6.07) is 8.32. The summed E-state index contributed by atoms with van der Waals surface area (Å²) >= 11 is 1.66. The summed E-state index contributed by atoms with van der Waals surface area (Å²) in [7, 11) is 0. The first kappa shape index (κ1) is 13.1. The lowest BCUT2D eigenvalue weighted by molar-refractivity contribution is 0.100. The maximum atomic E-state index is 13.9. The lowest BCUT2D eigenvalue weighted by Crippen LogP contribution is -2.15. The van der Waals surface area contributed by atoms with Gasteiger partial charge in [-0.05, 0) is 48.4 Å². The zero-order chi connectivity index (χ0) is 14.1. The minimum atomic E-state index is -0.549. The van der Waals surface area contributed by atoms with Gasteiger partial charge in [0.25, 0.3) is 0 Å². The highest BCUT2D eigenvalue weighted by Gasteiger charge is 2.33. The molecule has 3 nitrogen and oxygen atoms in total. The number of hydrogen-bond donors (Lipinski definition) is 2. The second-order valence-electron chi connectivity index (χ2n) is 5.03. The number of amides is 1. The monoisotopic (exact) mass is 290 g/mol. The Morgan fingerprint density at radius 2 is 2.20 bits per heavy atom. The molecule has 1 heterocycles. The Kier molecular flexibility index (Phi) is 3.44. The number of rotatable bonds is 5. The highest BCUT2D eigenvalue weighted by atomic mass is 32.1. The zero-order valence-corrected chi connectivity index (χ0v) is 11.6. The molecule has 5 heteroatoms. The molecule has 0 saturated heterocycles. The molecule has 0 radical (unpaired) electrons. The SMILES string of the molecule is NC(=O)c1ccc(F)c(NC(c2cccs2)C2CC2)c1. The van der Waals surface area contributed by atoms with Crippen LogP contribution in [-0.2, 0) is 0 Å². The van der Waals surface area contributed by atoms with Gasteiger partial charge >= 0.3 is 0 Å². The third-order valence-electron chi connectivity index (χ3n) is 3.51. The van der Waals surface area contributed by atoms with E-state index in [1.54, 1.807) is 11.3 Å². The maximum absolute atomic E-state index is 13.9. The topological polar surface area (TPSA) is 55.1 Å². The smallest absolute Gasteiger partial charge is 0.248 e. The summed E-state index contributed by atoms with van der Waals surface area (Å²) in [5.41, 5.74) is 5.90. The molecule has 0 bridgehead atoms. The summed E-state index contributed by atoms with van der Waals surface area (Å²) in [4.78, 5) is 12.4. The van der Waals surface area contributed by atoms with Crippen molar-refractivity contribution in [3.63, 3.8) is 0 Å². The first-order valence-corrected chi connectivity index (χ1v) is 7.42. The molecule has 104 valence electrons. The van der Waals surface area contributed by atoms with Crippen LogP contribution in [0.4, 0.5) is 10.1 Å². The second kappa shape index (κ2) is 5.25. The average Bonchev–Trinajstić information content (AvgIpc) is 3.12. The van der Waals surface area contributed by atoms with Crippen molar-refractivity contribution >= 4 is 22.9 Å². The normalized spacial score (nSPS) is 15.8. The number of nitrogens with one attached hydrogen (secondary N) is 1. The van der Waals surface area contributed by atoms with Crippen LogP contribution in [0.25, 0.3) is 0 Å². The minimum absolute atomic E-state index is 0.104. The molecule has 20 heavy (non-hydrogen) atoms. The van der Waals surface area contributed by atoms with Crippen molar-refractivity contribution in [2.24, 2.45) is 11.7 Å². The fraction of sp³-hybridized carbons (Fsp3) is 0.267. The van der Waals surface area contributed by atoms with Crippen molar-refractivity contribution in [1.82, 2.24) is 0 Å². The van der Waals surface area contributed by atoms with E-state index in [4.69, 9.17) is 5.73 Å². The quantitative estimate of drug-likeness (QED) is 0.884. The molecule has 0 spiro atoms. The van der Waals surface area contributed by atoms with Crippen LogP contribution < -0.4 is 11.1 Å². The summed E-state index contributed by atoms with van der Waals surface area (Å²) < 4.78 is 13.9. The van der Waals surface area contributed by atoms with E-state index in [1.807, 2.05) is 11.4 Å². The first-order chi connectivity index (χ1) is 9.65. The summed E-state index contributed by atoms with van der Waals surface area (Å²) in [5.74, 6) is -0.380. The third kappa shape index (κ3) is 2.67. The predicted molar refractivity (Wildman–Crippen MR) is 78.3 cm³/mol. The number of thiophene rings is 1. The Balaban J connectivity index is 1.88. The van der Waals surface area contributed by atoms with Crippen LogP contribution in [0.5, 0.6) is 0 Å². The molecule has 1 fully saturated rings.